The van der Waals surface area contributed by atoms with Crippen LogP contribution < -0.4 is 11.5 Å². The zero-order valence-corrected chi connectivity index (χ0v) is 15.3. The number of hydrogen-bond donors (Lipinski definition) is 4. The first kappa shape index (κ1) is 23.9. The van der Waals surface area contributed by atoms with Crippen LogP contribution in [0.15, 0.2) is 48.5 Å². The summed E-state index contributed by atoms with van der Waals surface area (Å²) < 4.78 is 40.6. The molecule has 0 unspecified atom stereocenters. The Hall–Kier alpha value is -3.15. The molecule has 0 fully saturated rings. The average molecular weight is 400 g/mol. The van der Waals surface area contributed by atoms with Gasteiger partial charge < -0.3 is 20.9 Å². The number of carbonyl (C=O) groups is 2. The number of esters is 2. The molecule has 0 aliphatic rings. The monoisotopic (exact) mass is 400 g/mol. The lowest BCUT2D eigenvalue weighted by Gasteiger charge is -1.97. The molecule has 0 radical (unpaired) electrons. The van der Waals surface area contributed by atoms with Crippen LogP contribution in [0.1, 0.15) is 20.7 Å². The molecule has 0 aromatic heterocycles. The van der Waals surface area contributed by atoms with Crippen molar-refractivity contribution >= 4 is 33.7 Å². The molecular formula is C16H20N2O8S. The lowest BCUT2D eigenvalue weighted by molar-refractivity contribution is 0.0592. The summed E-state index contributed by atoms with van der Waals surface area (Å²) in [5.41, 5.74) is 13.1. The molecule has 0 atom stereocenters. The summed E-state index contributed by atoms with van der Waals surface area (Å²) in [5, 5.41) is 0. The minimum Gasteiger partial charge on any atom is -0.465 e. The zero-order valence-electron chi connectivity index (χ0n) is 14.5. The van der Waals surface area contributed by atoms with Gasteiger partial charge >= 0.3 is 22.3 Å². The quantitative estimate of drug-likeness (QED) is 0.327. The van der Waals surface area contributed by atoms with Crippen LogP contribution in [0.5, 0.6) is 0 Å². The van der Waals surface area contributed by atoms with Crippen molar-refractivity contribution in [3.63, 3.8) is 0 Å². The fraction of sp³-hybridized carbons (Fsp3) is 0.125. The molecule has 2 aromatic carbocycles. The fourth-order valence-electron chi connectivity index (χ4n) is 1.47. The van der Waals surface area contributed by atoms with Gasteiger partial charge in [-0.2, -0.15) is 8.42 Å². The molecule has 0 heterocycles. The maximum Gasteiger partial charge on any atom is 0.394 e. The summed E-state index contributed by atoms with van der Waals surface area (Å²) in [5.74, 6) is -0.685. The first-order valence-corrected chi connectivity index (χ1v) is 8.45. The highest BCUT2D eigenvalue weighted by Gasteiger charge is 2.03. The van der Waals surface area contributed by atoms with Crippen molar-refractivity contribution in [1.29, 1.82) is 0 Å². The van der Waals surface area contributed by atoms with E-state index in [4.69, 9.17) is 29.0 Å². The Bertz CT molecular complexity index is 768. The van der Waals surface area contributed by atoms with Gasteiger partial charge in [-0.3, -0.25) is 9.11 Å². The number of nitrogen functional groups attached to an aromatic ring is 2. The summed E-state index contributed by atoms with van der Waals surface area (Å²) in [7, 11) is -1.97. The second kappa shape index (κ2) is 11.5. The minimum atomic E-state index is -4.67. The molecule has 0 amide bonds. The first-order chi connectivity index (χ1) is 12.5. The molecule has 0 spiro atoms. The van der Waals surface area contributed by atoms with E-state index in [2.05, 4.69) is 9.47 Å². The molecule has 0 bridgehead atoms. The molecule has 2 rings (SSSR count). The highest BCUT2D eigenvalue weighted by atomic mass is 32.3. The van der Waals surface area contributed by atoms with Crippen molar-refractivity contribution in [2.24, 2.45) is 0 Å². The third-order valence-corrected chi connectivity index (χ3v) is 2.66. The van der Waals surface area contributed by atoms with Gasteiger partial charge in [0.2, 0.25) is 0 Å². The van der Waals surface area contributed by atoms with Crippen LogP contribution in [-0.2, 0) is 19.9 Å². The number of anilines is 2. The Morgan fingerprint density at radius 3 is 1.15 bits per heavy atom. The summed E-state index contributed by atoms with van der Waals surface area (Å²) in [6, 6.07) is 13.1. The molecule has 11 heteroatoms. The number of carbonyl (C=O) groups excluding carboxylic acids is 2. The molecule has 0 aliphatic carbocycles. The smallest absolute Gasteiger partial charge is 0.394 e. The molecule has 148 valence electrons. The van der Waals surface area contributed by atoms with Crippen LogP contribution in [0, 0.1) is 0 Å². The summed E-state index contributed by atoms with van der Waals surface area (Å²) >= 11 is 0. The van der Waals surface area contributed by atoms with Crippen LogP contribution in [0.3, 0.4) is 0 Å². The van der Waals surface area contributed by atoms with E-state index in [0.29, 0.717) is 22.5 Å². The summed E-state index contributed by atoms with van der Waals surface area (Å²) in [6.45, 7) is 0. The lowest BCUT2D eigenvalue weighted by Crippen LogP contribution is -2.00. The fourth-order valence-corrected chi connectivity index (χ4v) is 1.47. The predicted octanol–water partition coefficient (Wildman–Crippen LogP) is 1.46. The van der Waals surface area contributed by atoms with Gasteiger partial charge in [-0.1, -0.05) is 0 Å². The third-order valence-electron chi connectivity index (χ3n) is 2.66. The average Bonchev–Trinajstić information content (AvgIpc) is 2.61. The second-order valence-corrected chi connectivity index (χ2v) is 5.57. The molecule has 6 N–H and O–H groups in total. The van der Waals surface area contributed by atoms with E-state index in [0.717, 1.165) is 0 Å². The van der Waals surface area contributed by atoms with E-state index in [1.165, 1.54) is 14.2 Å². The van der Waals surface area contributed by atoms with Crippen LogP contribution >= 0.6 is 0 Å². The van der Waals surface area contributed by atoms with Crippen molar-refractivity contribution in [3.05, 3.63) is 59.7 Å². The van der Waals surface area contributed by atoms with E-state index in [9.17, 15) is 9.59 Å². The van der Waals surface area contributed by atoms with E-state index in [1.807, 2.05) is 0 Å². The van der Waals surface area contributed by atoms with Gasteiger partial charge in [0.25, 0.3) is 0 Å². The summed E-state index contributed by atoms with van der Waals surface area (Å²) in [4.78, 5) is 21.7. The van der Waals surface area contributed by atoms with Crippen LogP contribution in [0.4, 0.5) is 11.4 Å². The molecule has 27 heavy (non-hydrogen) atoms. The normalized spacial score (nSPS) is 9.63. The van der Waals surface area contributed by atoms with Gasteiger partial charge in [-0.05, 0) is 48.5 Å². The van der Waals surface area contributed by atoms with Gasteiger partial charge in [-0.15, -0.1) is 0 Å². The zero-order chi connectivity index (χ0) is 21.0. The third kappa shape index (κ3) is 11.9. The molecule has 2 aromatic rings. The predicted molar refractivity (Wildman–Crippen MR) is 98.6 cm³/mol. The number of hydrogen-bond acceptors (Lipinski definition) is 8. The van der Waals surface area contributed by atoms with E-state index in [-0.39, 0.29) is 11.9 Å². The van der Waals surface area contributed by atoms with Gasteiger partial charge in [0.15, 0.2) is 0 Å². The van der Waals surface area contributed by atoms with E-state index >= 15 is 0 Å². The maximum atomic E-state index is 10.9. The highest BCUT2D eigenvalue weighted by molar-refractivity contribution is 7.79. The van der Waals surface area contributed by atoms with Gasteiger partial charge in [0, 0.05) is 11.4 Å². The Kier molecular flexibility index (Phi) is 10.1. The van der Waals surface area contributed by atoms with Gasteiger partial charge in [-0.25, -0.2) is 9.59 Å². The number of ether oxygens (including phenoxy) is 2. The Labute approximate surface area is 156 Å². The number of nitrogens with two attached hydrogens (primary N) is 2. The Balaban J connectivity index is 0.000000405. The van der Waals surface area contributed by atoms with Crippen molar-refractivity contribution in [2.45, 2.75) is 0 Å². The van der Waals surface area contributed by atoms with Crippen molar-refractivity contribution in [1.82, 2.24) is 0 Å². The van der Waals surface area contributed by atoms with E-state index in [1.54, 1.807) is 48.5 Å². The second-order valence-electron chi connectivity index (χ2n) is 4.68. The van der Waals surface area contributed by atoms with Crippen molar-refractivity contribution in [2.75, 3.05) is 25.7 Å². The van der Waals surface area contributed by atoms with Gasteiger partial charge in [0.1, 0.15) is 0 Å². The van der Waals surface area contributed by atoms with Crippen molar-refractivity contribution < 1.29 is 36.6 Å². The van der Waals surface area contributed by atoms with Gasteiger partial charge in [0.05, 0.1) is 25.3 Å². The topological polar surface area (TPSA) is 179 Å². The highest BCUT2D eigenvalue weighted by Crippen LogP contribution is 2.06. The number of methoxy groups -OCH3 is 2. The first-order valence-electron chi connectivity index (χ1n) is 7.05. The number of benzene rings is 2. The molecule has 0 saturated heterocycles. The minimum absolute atomic E-state index is 0.343. The molecule has 10 nitrogen and oxygen atoms in total. The summed E-state index contributed by atoms with van der Waals surface area (Å²) in [6.07, 6.45) is 0. The maximum absolute atomic E-state index is 10.9. The van der Waals surface area contributed by atoms with Crippen LogP contribution in [0.25, 0.3) is 0 Å². The van der Waals surface area contributed by atoms with Crippen LogP contribution in [0.2, 0.25) is 0 Å². The SMILES string of the molecule is COC(=O)c1ccc(N)cc1.COC(=O)c1ccc(N)cc1.O=S(=O)(O)O. The largest absolute Gasteiger partial charge is 0.465 e. The standard InChI is InChI=1S/2C8H9NO2.H2O4S/c2*1-11-8(10)6-2-4-7(9)5-3-6;1-5(2,3)4/h2*2-5H,9H2,1H3;(H2,1,2,3,4). The molecular weight excluding hydrogens is 380 g/mol. The lowest BCUT2D eigenvalue weighted by atomic mass is 10.2. The molecule has 0 saturated carbocycles. The Morgan fingerprint density at radius 1 is 0.741 bits per heavy atom. The number of rotatable bonds is 2. The van der Waals surface area contributed by atoms with Crippen molar-refractivity contribution in [3.8, 4) is 0 Å². The van der Waals surface area contributed by atoms with E-state index < -0.39 is 10.4 Å². The van der Waals surface area contributed by atoms with Crippen LogP contribution in [-0.4, -0.2) is 43.7 Å². The molecule has 0 aliphatic heterocycles. The Morgan fingerprint density at radius 2 is 0.963 bits per heavy atom.